The Balaban J connectivity index is 2.38. The molecule has 0 atom stereocenters. The number of rotatable bonds is 5. The van der Waals surface area contributed by atoms with E-state index in [4.69, 9.17) is 11.7 Å². The Labute approximate surface area is 93.1 Å². The van der Waals surface area contributed by atoms with Crippen LogP contribution in [0.5, 0.6) is 0 Å². The molecule has 0 saturated carbocycles. The number of anilines is 1. The minimum absolute atomic E-state index is 0.506. The molecular weight excluding hydrogens is 208 g/mol. The molecule has 1 aromatic rings. The van der Waals surface area contributed by atoms with E-state index < -0.39 is 0 Å². The first-order valence-corrected chi connectivity index (χ1v) is 5.51. The lowest BCUT2D eigenvalue weighted by atomic mass is 10.3. The fourth-order valence-corrected chi connectivity index (χ4v) is 1.43. The van der Waals surface area contributed by atoms with Crippen molar-refractivity contribution in [1.29, 1.82) is 5.26 Å². The predicted molar refractivity (Wildman–Crippen MR) is 61.4 cm³/mol. The lowest BCUT2D eigenvalue weighted by molar-refractivity contribution is 1.01. The molecule has 4 nitrogen and oxygen atoms in total. The van der Waals surface area contributed by atoms with Gasteiger partial charge in [0.25, 0.3) is 0 Å². The number of thioether (sulfide) groups is 1. The van der Waals surface area contributed by atoms with Gasteiger partial charge in [0.2, 0.25) is 0 Å². The molecule has 0 aliphatic carbocycles. The van der Waals surface area contributed by atoms with Gasteiger partial charge in [0, 0.05) is 12.3 Å². The van der Waals surface area contributed by atoms with Crippen LogP contribution < -0.4 is 5.32 Å². The number of terminal acetylenes is 1. The van der Waals surface area contributed by atoms with Crippen molar-refractivity contribution in [2.45, 2.75) is 0 Å². The summed E-state index contributed by atoms with van der Waals surface area (Å²) in [6, 6.07) is 3.67. The molecule has 15 heavy (non-hydrogen) atoms. The molecule has 0 fully saturated rings. The number of hydrogen-bond acceptors (Lipinski definition) is 5. The number of hydrogen-bond donors (Lipinski definition) is 1. The third kappa shape index (κ3) is 3.88. The van der Waals surface area contributed by atoms with Crippen molar-refractivity contribution in [3.63, 3.8) is 0 Å². The molecule has 0 amide bonds. The van der Waals surface area contributed by atoms with Crippen molar-refractivity contribution >= 4 is 17.6 Å². The monoisotopic (exact) mass is 218 g/mol. The summed E-state index contributed by atoms with van der Waals surface area (Å²) < 4.78 is 0. The van der Waals surface area contributed by atoms with Crippen molar-refractivity contribution in [3.8, 4) is 18.4 Å². The van der Waals surface area contributed by atoms with Crippen LogP contribution in [0.25, 0.3) is 0 Å². The summed E-state index contributed by atoms with van der Waals surface area (Å²) in [5.41, 5.74) is 0.506. The van der Waals surface area contributed by atoms with Crippen molar-refractivity contribution in [2.75, 3.05) is 23.4 Å². The van der Waals surface area contributed by atoms with Crippen LogP contribution in [0.4, 0.5) is 5.82 Å². The first-order valence-electron chi connectivity index (χ1n) is 4.35. The van der Waals surface area contributed by atoms with Crippen LogP contribution in [-0.4, -0.2) is 28.2 Å². The second-order valence-electron chi connectivity index (χ2n) is 2.59. The highest BCUT2D eigenvalue weighted by Gasteiger charge is 2.01. The molecule has 0 spiro atoms. The summed E-state index contributed by atoms with van der Waals surface area (Å²) in [6.45, 7) is 0.722. The molecule has 0 aromatic carbocycles. The molecule has 76 valence electrons. The van der Waals surface area contributed by atoms with Gasteiger partial charge in [0.1, 0.15) is 6.07 Å². The maximum atomic E-state index is 8.77. The van der Waals surface area contributed by atoms with Gasteiger partial charge >= 0.3 is 0 Å². The Kier molecular flexibility index (Phi) is 5.07. The van der Waals surface area contributed by atoms with Gasteiger partial charge in [0.05, 0.1) is 17.5 Å². The van der Waals surface area contributed by atoms with E-state index >= 15 is 0 Å². The molecular formula is C10H10N4S. The van der Waals surface area contributed by atoms with Crippen LogP contribution in [0, 0.1) is 23.7 Å². The van der Waals surface area contributed by atoms with Gasteiger partial charge in [-0.15, -0.1) is 23.3 Å². The van der Waals surface area contributed by atoms with E-state index in [0.717, 1.165) is 12.3 Å². The van der Waals surface area contributed by atoms with E-state index in [9.17, 15) is 0 Å². The van der Waals surface area contributed by atoms with Crippen LogP contribution in [0.3, 0.4) is 0 Å². The Morgan fingerprint density at radius 3 is 3.20 bits per heavy atom. The lowest BCUT2D eigenvalue weighted by Crippen LogP contribution is -2.08. The van der Waals surface area contributed by atoms with Gasteiger partial charge in [-0.3, -0.25) is 0 Å². The smallest absolute Gasteiger partial charge is 0.166 e. The summed E-state index contributed by atoms with van der Waals surface area (Å²) in [5, 5.41) is 19.3. The summed E-state index contributed by atoms with van der Waals surface area (Å²) in [4.78, 5) is 0. The van der Waals surface area contributed by atoms with Crippen LogP contribution in [0.15, 0.2) is 12.3 Å². The molecule has 0 aliphatic rings. The van der Waals surface area contributed by atoms with Crippen molar-refractivity contribution in [2.24, 2.45) is 0 Å². The van der Waals surface area contributed by atoms with Crippen molar-refractivity contribution in [1.82, 2.24) is 10.2 Å². The zero-order valence-electron chi connectivity index (χ0n) is 8.10. The number of aromatic nitrogens is 2. The fraction of sp³-hybridized carbons (Fsp3) is 0.300. The van der Waals surface area contributed by atoms with Crippen molar-refractivity contribution < 1.29 is 0 Å². The van der Waals surface area contributed by atoms with Crippen LogP contribution in [-0.2, 0) is 0 Å². The zero-order chi connectivity index (χ0) is 10.9. The molecule has 0 aliphatic heterocycles. The number of nitrogens with zero attached hydrogens (tertiary/aromatic N) is 3. The zero-order valence-corrected chi connectivity index (χ0v) is 8.92. The van der Waals surface area contributed by atoms with E-state index in [-0.39, 0.29) is 0 Å². The van der Waals surface area contributed by atoms with E-state index in [2.05, 4.69) is 21.4 Å². The van der Waals surface area contributed by atoms with Gasteiger partial charge in [-0.25, -0.2) is 0 Å². The molecule has 0 radical (unpaired) electrons. The van der Waals surface area contributed by atoms with Gasteiger partial charge in [0.15, 0.2) is 5.82 Å². The molecule has 0 saturated heterocycles. The van der Waals surface area contributed by atoms with Crippen LogP contribution in [0.2, 0.25) is 0 Å². The summed E-state index contributed by atoms with van der Waals surface area (Å²) >= 11 is 1.66. The standard InChI is InChI=1S/C10H10N4S/c1-2-6-15-7-5-12-10-9(8-11)3-4-13-14-10/h1,3-4H,5-7H2,(H,12,14). The van der Waals surface area contributed by atoms with Crippen LogP contribution >= 0.6 is 11.8 Å². The summed E-state index contributed by atoms with van der Waals surface area (Å²) in [7, 11) is 0. The van der Waals surface area contributed by atoms with E-state index in [1.54, 1.807) is 17.8 Å². The average molecular weight is 218 g/mol. The molecule has 0 unspecified atom stereocenters. The Morgan fingerprint density at radius 2 is 2.47 bits per heavy atom. The Morgan fingerprint density at radius 1 is 1.60 bits per heavy atom. The number of nitrogens with one attached hydrogen (secondary N) is 1. The first-order chi connectivity index (χ1) is 7.38. The minimum atomic E-state index is 0.506. The molecule has 0 bridgehead atoms. The van der Waals surface area contributed by atoms with Gasteiger partial charge in [-0.2, -0.15) is 10.4 Å². The van der Waals surface area contributed by atoms with E-state index in [1.807, 2.05) is 6.07 Å². The van der Waals surface area contributed by atoms with E-state index in [0.29, 0.717) is 17.1 Å². The molecule has 1 aromatic heterocycles. The minimum Gasteiger partial charge on any atom is -0.367 e. The predicted octanol–water partition coefficient (Wildman–Crippen LogP) is 1.13. The Bertz CT molecular complexity index is 391. The summed E-state index contributed by atoms with van der Waals surface area (Å²) in [5.74, 6) is 4.66. The van der Waals surface area contributed by atoms with Gasteiger partial charge in [-0.1, -0.05) is 5.92 Å². The number of nitriles is 1. The Hall–Kier alpha value is -1.72. The topological polar surface area (TPSA) is 61.6 Å². The third-order valence-electron chi connectivity index (χ3n) is 1.57. The van der Waals surface area contributed by atoms with Crippen LogP contribution in [0.1, 0.15) is 5.56 Å². The molecule has 5 heteroatoms. The van der Waals surface area contributed by atoms with Crippen molar-refractivity contribution in [3.05, 3.63) is 17.8 Å². The third-order valence-corrected chi connectivity index (χ3v) is 2.43. The second kappa shape index (κ2) is 6.69. The average Bonchev–Trinajstić information content (AvgIpc) is 2.29. The van der Waals surface area contributed by atoms with Gasteiger partial charge in [-0.05, 0) is 6.07 Å². The lowest BCUT2D eigenvalue weighted by Gasteiger charge is -2.04. The van der Waals surface area contributed by atoms with E-state index in [1.165, 1.54) is 6.20 Å². The summed E-state index contributed by atoms with van der Waals surface area (Å²) in [6.07, 6.45) is 6.61. The highest BCUT2D eigenvalue weighted by atomic mass is 32.2. The second-order valence-corrected chi connectivity index (χ2v) is 3.69. The molecule has 1 N–H and O–H groups in total. The maximum absolute atomic E-state index is 8.77. The maximum Gasteiger partial charge on any atom is 0.166 e. The largest absolute Gasteiger partial charge is 0.367 e. The normalized spacial score (nSPS) is 8.93. The SMILES string of the molecule is C#CCSCCNc1nnccc1C#N. The highest BCUT2D eigenvalue weighted by Crippen LogP contribution is 2.08. The highest BCUT2D eigenvalue weighted by molar-refractivity contribution is 7.99. The quantitative estimate of drug-likeness (QED) is 0.593. The van der Waals surface area contributed by atoms with Gasteiger partial charge < -0.3 is 5.32 Å². The first kappa shape index (κ1) is 11.4. The fourth-order valence-electron chi connectivity index (χ4n) is 0.925. The molecule has 1 heterocycles. The molecule has 1 rings (SSSR count).